The van der Waals surface area contributed by atoms with E-state index in [2.05, 4.69) is 6.92 Å². The number of Topliss-reactive ketones (excluding diaryl/α,β-unsaturated/α-hetero) is 2. The van der Waals surface area contributed by atoms with Crippen LogP contribution in [0.4, 0.5) is 0 Å². The summed E-state index contributed by atoms with van der Waals surface area (Å²) in [5, 5.41) is 0. The van der Waals surface area contributed by atoms with Gasteiger partial charge in [0.1, 0.15) is 11.6 Å². The van der Waals surface area contributed by atoms with Gasteiger partial charge < -0.3 is 0 Å². The third-order valence-electron chi connectivity index (χ3n) is 2.72. The Hall–Kier alpha value is -0.660. The minimum Gasteiger partial charge on any atom is -0.299 e. The van der Waals surface area contributed by atoms with Crippen molar-refractivity contribution in [1.82, 2.24) is 0 Å². The van der Waals surface area contributed by atoms with Crippen molar-refractivity contribution in [2.24, 2.45) is 5.92 Å². The molecule has 13 heavy (non-hydrogen) atoms. The Morgan fingerprint density at radius 3 is 2.31 bits per heavy atom. The molecule has 1 rings (SSSR count). The lowest BCUT2D eigenvalue weighted by atomic mass is 9.83. The van der Waals surface area contributed by atoms with Crippen molar-refractivity contribution in [1.29, 1.82) is 0 Å². The van der Waals surface area contributed by atoms with E-state index in [-0.39, 0.29) is 17.5 Å². The van der Waals surface area contributed by atoms with Crippen LogP contribution in [0.25, 0.3) is 0 Å². The van der Waals surface area contributed by atoms with Gasteiger partial charge in [0, 0.05) is 12.8 Å². The first-order valence-corrected chi connectivity index (χ1v) is 5.31. The van der Waals surface area contributed by atoms with E-state index in [9.17, 15) is 9.59 Å². The zero-order chi connectivity index (χ0) is 9.68. The van der Waals surface area contributed by atoms with Crippen molar-refractivity contribution in [3.63, 3.8) is 0 Å². The molecule has 2 nitrogen and oxygen atoms in total. The summed E-state index contributed by atoms with van der Waals surface area (Å²) in [5.74, 6) is 0.139. The summed E-state index contributed by atoms with van der Waals surface area (Å²) in [7, 11) is 0. The molecule has 0 amide bonds. The molecule has 0 unspecified atom stereocenters. The van der Waals surface area contributed by atoms with Gasteiger partial charge >= 0.3 is 0 Å². The molecule has 0 saturated heterocycles. The highest BCUT2D eigenvalue weighted by molar-refractivity contribution is 6.04. The molecule has 0 heterocycles. The SMILES string of the molecule is CCCCCC1C(=O)CCCC1=O. The maximum absolute atomic E-state index is 11.4. The van der Waals surface area contributed by atoms with Crippen molar-refractivity contribution >= 4 is 11.6 Å². The molecule has 0 aromatic heterocycles. The van der Waals surface area contributed by atoms with Crippen molar-refractivity contribution in [3.05, 3.63) is 0 Å². The predicted molar refractivity (Wildman–Crippen MR) is 51.5 cm³/mol. The first kappa shape index (κ1) is 10.4. The molecule has 1 saturated carbocycles. The number of rotatable bonds is 4. The summed E-state index contributed by atoms with van der Waals surface area (Å²) in [6.07, 6.45) is 6.14. The van der Waals surface area contributed by atoms with E-state index in [1.165, 1.54) is 0 Å². The highest BCUT2D eigenvalue weighted by atomic mass is 16.2. The second-order valence-corrected chi connectivity index (χ2v) is 3.83. The Morgan fingerprint density at radius 2 is 1.77 bits per heavy atom. The zero-order valence-corrected chi connectivity index (χ0v) is 8.34. The molecule has 74 valence electrons. The van der Waals surface area contributed by atoms with E-state index in [0.717, 1.165) is 32.1 Å². The number of unbranched alkanes of at least 4 members (excludes halogenated alkanes) is 2. The van der Waals surface area contributed by atoms with Crippen LogP contribution in [0.2, 0.25) is 0 Å². The summed E-state index contributed by atoms with van der Waals surface area (Å²) in [6, 6.07) is 0. The lowest BCUT2D eigenvalue weighted by Crippen LogP contribution is -2.28. The van der Waals surface area contributed by atoms with E-state index in [1.54, 1.807) is 0 Å². The molecule has 1 aliphatic rings. The Balaban J connectivity index is 2.35. The molecule has 0 radical (unpaired) electrons. The fourth-order valence-electron chi connectivity index (χ4n) is 1.89. The van der Waals surface area contributed by atoms with Crippen molar-refractivity contribution < 1.29 is 9.59 Å². The molecule has 1 aliphatic carbocycles. The van der Waals surface area contributed by atoms with Gasteiger partial charge in [0.2, 0.25) is 0 Å². The molecule has 0 bridgehead atoms. The van der Waals surface area contributed by atoms with Gasteiger partial charge in [-0.1, -0.05) is 26.2 Å². The molecule has 0 spiro atoms. The average molecular weight is 182 g/mol. The Kier molecular flexibility index (Phi) is 4.13. The third-order valence-corrected chi connectivity index (χ3v) is 2.72. The van der Waals surface area contributed by atoms with E-state index in [0.29, 0.717) is 12.8 Å². The third kappa shape index (κ3) is 2.94. The standard InChI is InChI=1S/C11H18O2/c1-2-3-4-6-9-10(12)7-5-8-11(9)13/h9H,2-8H2,1H3. The number of hydrogen-bond donors (Lipinski definition) is 0. The molecule has 2 heteroatoms. The minimum absolute atomic E-state index is 0.187. The number of carbonyl (C=O) groups excluding carboxylic acids is 2. The van der Waals surface area contributed by atoms with Crippen molar-refractivity contribution in [2.45, 2.75) is 51.9 Å². The maximum Gasteiger partial charge on any atom is 0.143 e. The van der Waals surface area contributed by atoms with Crippen LogP contribution in [-0.2, 0) is 9.59 Å². The van der Waals surface area contributed by atoms with Crippen molar-refractivity contribution in [2.75, 3.05) is 0 Å². The van der Waals surface area contributed by atoms with E-state index < -0.39 is 0 Å². The topological polar surface area (TPSA) is 34.1 Å². The van der Waals surface area contributed by atoms with Crippen LogP contribution in [-0.4, -0.2) is 11.6 Å². The summed E-state index contributed by atoms with van der Waals surface area (Å²) in [4.78, 5) is 22.8. The minimum atomic E-state index is -0.236. The lowest BCUT2D eigenvalue weighted by molar-refractivity contribution is -0.135. The van der Waals surface area contributed by atoms with Gasteiger partial charge in [0.25, 0.3) is 0 Å². The van der Waals surface area contributed by atoms with Crippen LogP contribution in [0, 0.1) is 5.92 Å². The lowest BCUT2D eigenvalue weighted by Gasteiger charge is -2.18. The van der Waals surface area contributed by atoms with Crippen LogP contribution in [0.1, 0.15) is 51.9 Å². The molecule has 0 N–H and O–H groups in total. The van der Waals surface area contributed by atoms with E-state index >= 15 is 0 Å². The Morgan fingerprint density at radius 1 is 1.15 bits per heavy atom. The average Bonchev–Trinajstić information content (AvgIpc) is 2.10. The zero-order valence-electron chi connectivity index (χ0n) is 8.34. The summed E-state index contributed by atoms with van der Waals surface area (Å²) in [6.45, 7) is 2.13. The van der Waals surface area contributed by atoms with Crippen LogP contribution in [0.3, 0.4) is 0 Å². The van der Waals surface area contributed by atoms with Crippen LogP contribution >= 0.6 is 0 Å². The van der Waals surface area contributed by atoms with Gasteiger partial charge in [-0.05, 0) is 12.8 Å². The summed E-state index contributed by atoms with van der Waals surface area (Å²) >= 11 is 0. The highest BCUT2D eigenvalue weighted by Crippen LogP contribution is 2.22. The smallest absolute Gasteiger partial charge is 0.143 e. The van der Waals surface area contributed by atoms with E-state index in [1.807, 2.05) is 0 Å². The predicted octanol–water partition coefficient (Wildman–Crippen LogP) is 2.51. The maximum atomic E-state index is 11.4. The molecule has 1 fully saturated rings. The Labute approximate surface area is 79.7 Å². The molecular weight excluding hydrogens is 164 g/mol. The number of carbonyl (C=O) groups is 2. The Bertz CT molecular complexity index is 180. The van der Waals surface area contributed by atoms with Crippen LogP contribution in [0.5, 0.6) is 0 Å². The van der Waals surface area contributed by atoms with Gasteiger partial charge in [-0.25, -0.2) is 0 Å². The largest absolute Gasteiger partial charge is 0.299 e. The fraction of sp³-hybridized carbons (Fsp3) is 0.818. The normalized spacial score (nSPS) is 19.5. The quantitative estimate of drug-likeness (QED) is 0.494. The molecular formula is C11H18O2. The van der Waals surface area contributed by atoms with E-state index in [4.69, 9.17) is 0 Å². The number of hydrogen-bond acceptors (Lipinski definition) is 2. The van der Waals surface area contributed by atoms with Gasteiger partial charge in [-0.3, -0.25) is 9.59 Å². The molecule has 0 aliphatic heterocycles. The van der Waals surface area contributed by atoms with Crippen LogP contribution < -0.4 is 0 Å². The second-order valence-electron chi connectivity index (χ2n) is 3.83. The highest BCUT2D eigenvalue weighted by Gasteiger charge is 2.28. The van der Waals surface area contributed by atoms with Crippen LogP contribution in [0.15, 0.2) is 0 Å². The first-order valence-electron chi connectivity index (χ1n) is 5.31. The van der Waals surface area contributed by atoms with Gasteiger partial charge in [-0.15, -0.1) is 0 Å². The molecule has 0 atom stereocenters. The molecule has 0 aromatic carbocycles. The van der Waals surface area contributed by atoms with Gasteiger partial charge in [0.15, 0.2) is 0 Å². The molecule has 0 aromatic rings. The van der Waals surface area contributed by atoms with Gasteiger partial charge in [0.05, 0.1) is 5.92 Å². The number of ketones is 2. The van der Waals surface area contributed by atoms with Crippen molar-refractivity contribution in [3.8, 4) is 0 Å². The fourth-order valence-corrected chi connectivity index (χ4v) is 1.89. The monoisotopic (exact) mass is 182 g/mol. The summed E-state index contributed by atoms with van der Waals surface area (Å²) in [5.41, 5.74) is 0. The summed E-state index contributed by atoms with van der Waals surface area (Å²) < 4.78 is 0. The second kappa shape index (κ2) is 5.15. The van der Waals surface area contributed by atoms with Gasteiger partial charge in [-0.2, -0.15) is 0 Å². The first-order chi connectivity index (χ1) is 6.25.